The van der Waals surface area contributed by atoms with E-state index in [0.717, 1.165) is 10.9 Å². The zero-order valence-corrected chi connectivity index (χ0v) is 15.6. The molecule has 1 saturated heterocycles. The Hall–Kier alpha value is -2.63. The van der Waals surface area contributed by atoms with Gasteiger partial charge in [-0.05, 0) is 38.2 Å². The molecule has 1 amide bonds. The average Bonchev–Trinajstić information content (AvgIpc) is 3.12. The van der Waals surface area contributed by atoms with Crippen LogP contribution in [0, 0.1) is 0 Å². The van der Waals surface area contributed by atoms with Gasteiger partial charge in [0, 0.05) is 18.5 Å². The second-order valence-electron chi connectivity index (χ2n) is 7.35. The first-order valence-corrected chi connectivity index (χ1v) is 9.21. The van der Waals surface area contributed by atoms with Crippen LogP contribution in [-0.2, 0) is 5.54 Å². The van der Waals surface area contributed by atoms with Crippen LogP contribution in [0.1, 0.15) is 22.5 Å². The molecule has 0 radical (unpaired) electrons. The Balaban J connectivity index is 1.59. The average molecular weight is 364 g/mol. The molecule has 27 heavy (non-hydrogen) atoms. The van der Waals surface area contributed by atoms with Crippen molar-refractivity contribution in [3.05, 3.63) is 72.0 Å². The summed E-state index contributed by atoms with van der Waals surface area (Å²) in [6.45, 7) is 0.822. The Labute approximate surface area is 158 Å². The van der Waals surface area contributed by atoms with Crippen molar-refractivity contribution in [3.8, 4) is 0 Å². The molecule has 1 aliphatic rings. The first kappa shape index (κ1) is 17.8. The fraction of sp³-hybridized carbons (Fsp3) is 0.318. The fourth-order valence-corrected chi connectivity index (χ4v) is 4.19. The second kappa shape index (κ2) is 6.83. The van der Waals surface area contributed by atoms with Gasteiger partial charge in [-0.25, -0.2) is 0 Å². The number of likely N-dealkylation sites (N-methyl/N-ethyl adjacent to an activating group) is 1. The summed E-state index contributed by atoms with van der Waals surface area (Å²) in [6, 6.07) is 19.4. The minimum absolute atomic E-state index is 0.175. The molecule has 2 heterocycles. The molecule has 0 saturated carbocycles. The van der Waals surface area contributed by atoms with E-state index in [1.54, 1.807) is 11.0 Å². The van der Waals surface area contributed by atoms with E-state index >= 15 is 0 Å². The van der Waals surface area contributed by atoms with Crippen LogP contribution in [0.4, 0.5) is 0 Å². The molecule has 1 N–H and O–H groups in total. The van der Waals surface area contributed by atoms with Crippen molar-refractivity contribution in [1.82, 2.24) is 9.80 Å². The van der Waals surface area contributed by atoms with E-state index in [1.807, 2.05) is 68.7 Å². The lowest BCUT2D eigenvalue weighted by Gasteiger charge is -2.49. The highest BCUT2D eigenvalue weighted by atomic mass is 16.3. The number of amides is 1. The van der Waals surface area contributed by atoms with E-state index in [0.29, 0.717) is 24.3 Å². The molecule has 2 atom stereocenters. The van der Waals surface area contributed by atoms with Gasteiger partial charge in [0.2, 0.25) is 0 Å². The van der Waals surface area contributed by atoms with Gasteiger partial charge in [-0.2, -0.15) is 0 Å². The third-order valence-corrected chi connectivity index (χ3v) is 5.70. The molecule has 4 rings (SSSR count). The summed E-state index contributed by atoms with van der Waals surface area (Å²) in [5.41, 5.74) is 1.26. The molecule has 1 aromatic heterocycles. The molecule has 5 nitrogen and oxygen atoms in total. The number of rotatable bonds is 3. The van der Waals surface area contributed by atoms with Crippen LogP contribution in [0.25, 0.3) is 11.0 Å². The first-order valence-electron chi connectivity index (χ1n) is 9.21. The Morgan fingerprint density at radius 3 is 2.52 bits per heavy atom. The summed E-state index contributed by atoms with van der Waals surface area (Å²) in [6.07, 6.45) is -0.0473. The molecule has 0 unspecified atom stereocenters. The maximum Gasteiger partial charge on any atom is 0.289 e. The van der Waals surface area contributed by atoms with E-state index in [9.17, 15) is 9.90 Å². The number of fused-ring (bicyclic) bond motifs is 1. The summed E-state index contributed by atoms with van der Waals surface area (Å²) in [7, 11) is 3.96. The third kappa shape index (κ3) is 2.93. The highest BCUT2D eigenvalue weighted by Gasteiger charge is 2.46. The molecule has 0 aliphatic carbocycles. The van der Waals surface area contributed by atoms with Crippen molar-refractivity contribution in [3.63, 3.8) is 0 Å². The number of carbonyl (C=O) groups is 1. The van der Waals surface area contributed by atoms with Crippen LogP contribution in [0.3, 0.4) is 0 Å². The summed E-state index contributed by atoms with van der Waals surface area (Å²) >= 11 is 0. The quantitative estimate of drug-likeness (QED) is 0.776. The van der Waals surface area contributed by atoms with E-state index in [4.69, 9.17) is 4.42 Å². The minimum atomic E-state index is -0.697. The highest BCUT2D eigenvalue weighted by molar-refractivity contribution is 5.96. The number of likely N-dealkylation sites (tertiary alicyclic amines) is 1. The predicted molar refractivity (Wildman–Crippen MR) is 105 cm³/mol. The Bertz CT molecular complexity index is 917. The number of β-amino-alcohol motifs (C(OH)–C–C–N with tert-alkyl or cyclic N) is 1. The van der Waals surface area contributed by atoms with Crippen LogP contribution in [0.2, 0.25) is 0 Å². The molecule has 140 valence electrons. The molecule has 1 fully saturated rings. The Morgan fingerprint density at radius 2 is 1.85 bits per heavy atom. The maximum atomic E-state index is 12.9. The summed E-state index contributed by atoms with van der Waals surface area (Å²) in [5.74, 6) is 0.145. The van der Waals surface area contributed by atoms with Crippen molar-refractivity contribution in [2.45, 2.75) is 18.1 Å². The van der Waals surface area contributed by atoms with Crippen molar-refractivity contribution >= 4 is 16.9 Å². The molecule has 2 aromatic carbocycles. The van der Waals surface area contributed by atoms with Crippen molar-refractivity contribution < 1.29 is 14.3 Å². The number of hydrogen-bond donors (Lipinski definition) is 1. The summed E-state index contributed by atoms with van der Waals surface area (Å²) < 4.78 is 5.72. The number of para-hydroxylation sites is 1. The van der Waals surface area contributed by atoms with Gasteiger partial charge in [0.15, 0.2) is 5.76 Å². The zero-order chi connectivity index (χ0) is 19.0. The predicted octanol–water partition coefficient (Wildman–Crippen LogP) is 3.10. The van der Waals surface area contributed by atoms with Gasteiger partial charge in [-0.3, -0.25) is 9.69 Å². The molecular formula is C22H24N2O3. The number of aliphatic hydroxyl groups is 1. The van der Waals surface area contributed by atoms with Gasteiger partial charge in [-0.1, -0.05) is 48.5 Å². The van der Waals surface area contributed by atoms with Crippen LogP contribution >= 0.6 is 0 Å². The van der Waals surface area contributed by atoms with Gasteiger partial charge in [0.25, 0.3) is 5.91 Å². The van der Waals surface area contributed by atoms with Crippen LogP contribution in [0.5, 0.6) is 0 Å². The van der Waals surface area contributed by atoms with E-state index in [-0.39, 0.29) is 12.5 Å². The molecule has 3 aromatic rings. The molecule has 0 spiro atoms. The fourth-order valence-electron chi connectivity index (χ4n) is 4.19. The second-order valence-corrected chi connectivity index (χ2v) is 7.35. The largest absolute Gasteiger partial charge is 0.451 e. The summed E-state index contributed by atoms with van der Waals surface area (Å²) in [5, 5.41) is 12.0. The van der Waals surface area contributed by atoms with Gasteiger partial charge in [-0.15, -0.1) is 0 Å². The lowest BCUT2D eigenvalue weighted by atomic mass is 9.77. The molecule has 0 bridgehead atoms. The smallest absolute Gasteiger partial charge is 0.289 e. The number of carbonyl (C=O) groups excluding carboxylic acids is 1. The lowest BCUT2D eigenvalue weighted by molar-refractivity contribution is -0.0616. The number of furan rings is 1. The zero-order valence-electron chi connectivity index (χ0n) is 15.6. The lowest BCUT2D eigenvalue weighted by Crippen LogP contribution is -2.60. The van der Waals surface area contributed by atoms with Crippen LogP contribution in [0.15, 0.2) is 65.1 Å². The maximum absolute atomic E-state index is 12.9. The Kier molecular flexibility index (Phi) is 4.50. The topological polar surface area (TPSA) is 56.9 Å². The molecule has 5 heteroatoms. The standard InChI is InChI=1S/C22H24N2O3/c1-23(2)22(17-9-4-3-5-10-17)12-13-24(15-20(22)25)21(26)19-14-16-8-6-7-11-18(16)27-19/h3-11,14,20,25H,12-13,15H2,1-2H3/t20-,22+/m1/s1. The summed E-state index contributed by atoms with van der Waals surface area (Å²) in [4.78, 5) is 16.7. The van der Waals surface area contributed by atoms with Crippen molar-refractivity contribution in [2.75, 3.05) is 27.2 Å². The van der Waals surface area contributed by atoms with Gasteiger partial charge >= 0.3 is 0 Å². The number of benzene rings is 2. The van der Waals surface area contributed by atoms with Gasteiger partial charge < -0.3 is 14.4 Å². The van der Waals surface area contributed by atoms with Gasteiger partial charge in [0.1, 0.15) is 5.58 Å². The highest BCUT2D eigenvalue weighted by Crippen LogP contribution is 2.38. The van der Waals surface area contributed by atoms with Crippen molar-refractivity contribution in [2.24, 2.45) is 0 Å². The van der Waals surface area contributed by atoms with Crippen LogP contribution < -0.4 is 0 Å². The number of piperidine rings is 1. The van der Waals surface area contributed by atoms with Crippen molar-refractivity contribution in [1.29, 1.82) is 0 Å². The first-order chi connectivity index (χ1) is 13.0. The van der Waals surface area contributed by atoms with Crippen LogP contribution in [-0.4, -0.2) is 54.1 Å². The van der Waals surface area contributed by atoms with E-state index in [2.05, 4.69) is 4.90 Å². The third-order valence-electron chi connectivity index (χ3n) is 5.70. The van der Waals surface area contributed by atoms with Gasteiger partial charge in [0.05, 0.1) is 11.6 Å². The normalized spacial score (nSPS) is 23.1. The monoisotopic (exact) mass is 364 g/mol. The number of nitrogens with zero attached hydrogens (tertiary/aromatic N) is 2. The minimum Gasteiger partial charge on any atom is -0.451 e. The van der Waals surface area contributed by atoms with E-state index < -0.39 is 11.6 Å². The Morgan fingerprint density at radius 1 is 1.15 bits per heavy atom. The molecular weight excluding hydrogens is 340 g/mol. The molecule has 1 aliphatic heterocycles. The SMILES string of the molecule is CN(C)[C@]1(c2ccccc2)CCN(C(=O)c2cc3ccccc3o2)C[C@H]1O. The van der Waals surface area contributed by atoms with E-state index in [1.165, 1.54) is 0 Å². The number of aliphatic hydroxyl groups excluding tert-OH is 1. The number of hydrogen-bond acceptors (Lipinski definition) is 4.